The van der Waals surface area contributed by atoms with Gasteiger partial charge in [0.05, 0.1) is 19.3 Å². The third-order valence-electron chi connectivity index (χ3n) is 6.81. The highest BCUT2D eigenvalue weighted by atomic mass is 19.4. The number of amides is 1. The molecule has 1 saturated carbocycles. The lowest BCUT2D eigenvalue weighted by Gasteiger charge is -2.38. The van der Waals surface area contributed by atoms with Gasteiger partial charge in [-0.05, 0) is 47.9 Å². The Balaban J connectivity index is 1.19. The van der Waals surface area contributed by atoms with Crippen molar-refractivity contribution in [1.82, 2.24) is 14.9 Å². The Morgan fingerprint density at radius 2 is 2.09 bits per heavy atom. The molecule has 3 aromatic rings. The minimum Gasteiger partial charge on any atom is -0.468 e. The minimum atomic E-state index is -4.42. The summed E-state index contributed by atoms with van der Waals surface area (Å²) in [5, 5.41) is 4.19. The van der Waals surface area contributed by atoms with E-state index in [1.807, 2.05) is 6.92 Å². The number of aromatic nitrogens is 2. The van der Waals surface area contributed by atoms with Gasteiger partial charge in [-0.2, -0.15) is 13.2 Å². The summed E-state index contributed by atoms with van der Waals surface area (Å²) in [6, 6.07) is 11.2. The molecular weight excluding hydrogens is 459 g/mol. The van der Waals surface area contributed by atoms with E-state index in [2.05, 4.69) is 57.0 Å². The first kappa shape index (κ1) is 23.7. The maximum atomic E-state index is 12.9. The molecule has 1 amide bonds. The molecule has 2 fully saturated rings. The second-order valence-corrected chi connectivity index (χ2v) is 10.1. The summed E-state index contributed by atoms with van der Waals surface area (Å²) >= 11 is 0. The second kappa shape index (κ2) is 8.86. The van der Waals surface area contributed by atoms with Crippen LogP contribution in [-0.2, 0) is 16.1 Å². The molecule has 0 unspecified atom stereocenters. The zero-order chi connectivity index (χ0) is 24.8. The molecule has 0 radical (unpaired) electrons. The van der Waals surface area contributed by atoms with Crippen molar-refractivity contribution >= 4 is 16.8 Å². The standard InChI is InChI=1S/C26H28F3N3O3/c1-16(19-5-6-23(30-11-19)35-15-26(27,28)29)31-24(33)21-10-20(21)18-4-3-17-7-8-32(22(17)9-18)12-25(2)13-34-14-25/h3-9,11,16,20-21H,10,12-15H2,1-2H3,(H,31,33)/t16-,20+,21-/m1/s1. The number of hydrogen-bond donors (Lipinski definition) is 1. The van der Waals surface area contributed by atoms with E-state index in [1.54, 1.807) is 6.07 Å². The fourth-order valence-corrected chi connectivity index (χ4v) is 4.67. The molecule has 2 aliphatic rings. The lowest BCUT2D eigenvalue weighted by molar-refractivity contribution is -0.154. The van der Waals surface area contributed by atoms with Gasteiger partial charge >= 0.3 is 6.18 Å². The van der Waals surface area contributed by atoms with E-state index >= 15 is 0 Å². The summed E-state index contributed by atoms with van der Waals surface area (Å²) in [6.45, 7) is 5.11. The van der Waals surface area contributed by atoms with E-state index in [0.29, 0.717) is 5.56 Å². The Kier molecular flexibility index (Phi) is 5.99. The van der Waals surface area contributed by atoms with E-state index in [9.17, 15) is 18.0 Å². The summed E-state index contributed by atoms with van der Waals surface area (Å²) in [5.74, 6) is -0.0626. The van der Waals surface area contributed by atoms with Gasteiger partial charge in [-0.15, -0.1) is 0 Å². The van der Waals surface area contributed by atoms with E-state index < -0.39 is 12.8 Å². The molecule has 2 aromatic heterocycles. The smallest absolute Gasteiger partial charge is 0.422 e. The van der Waals surface area contributed by atoms with Crippen molar-refractivity contribution in [2.75, 3.05) is 19.8 Å². The quantitative estimate of drug-likeness (QED) is 0.486. The van der Waals surface area contributed by atoms with Crippen LogP contribution in [0.25, 0.3) is 10.9 Å². The lowest BCUT2D eigenvalue weighted by Crippen LogP contribution is -2.42. The number of hydrogen-bond acceptors (Lipinski definition) is 4. The molecule has 1 N–H and O–H groups in total. The Labute approximate surface area is 201 Å². The molecule has 0 bridgehead atoms. The number of alkyl halides is 3. The third-order valence-corrected chi connectivity index (χ3v) is 6.81. The molecule has 186 valence electrons. The van der Waals surface area contributed by atoms with Crippen molar-refractivity contribution in [2.45, 2.75) is 44.9 Å². The van der Waals surface area contributed by atoms with Gasteiger partial charge in [0, 0.05) is 41.9 Å². The number of rotatable bonds is 8. The molecule has 1 saturated heterocycles. The monoisotopic (exact) mass is 487 g/mol. The first-order valence-electron chi connectivity index (χ1n) is 11.7. The van der Waals surface area contributed by atoms with Crippen molar-refractivity contribution < 1.29 is 27.4 Å². The van der Waals surface area contributed by atoms with Crippen LogP contribution >= 0.6 is 0 Å². The average molecular weight is 488 g/mol. The van der Waals surface area contributed by atoms with Crippen molar-refractivity contribution in [2.24, 2.45) is 11.3 Å². The first-order chi connectivity index (χ1) is 16.6. The van der Waals surface area contributed by atoms with Crippen LogP contribution in [0.1, 0.15) is 43.4 Å². The number of pyridine rings is 1. The minimum absolute atomic E-state index is 0.0329. The SMILES string of the molecule is C[C@@H](NC(=O)[C@@H]1C[C@H]1c1ccc2ccn(CC3(C)COC3)c2c1)c1ccc(OCC(F)(F)F)nc1. The highest BCUT2D eigenvalue weighted by molar-refractivity contribution is 5.85. The predicted molar refractivity (Wildman–Crippen MR) is 124 cm³/mol. The fraction of sp³-hybridized carbons (Fsp3) is 0.462. The number of fused-ring (bicyclic) bond motifs is 1. The number of ether oxygens (including phenoxy) is 2. The molecular formula is C26H28F3N3O3. The maximum Gasteiger partial charge on any atom is 0.422 e. The van der Waals surface area contributed by atoms with Crippen LogP contribution in [-0.4, -0.2) is 41.5 Å². The number of nitrogens with one attached hydrogen (secondary N) is 1. The first-order valence-corrected chi connectivity index (χ1v) is 11.7. The zero-order valence-electron chi connectivity index (χ0n) is 19.6. The van der Waals surface area contributed by atoms with Crippen LogP contribution in [0.3, 0.4) is 0 Å². The number of carbonyl (C=O) groups excluding carboxylic acids is 1. The van der Waals surface area contributed by atoms with Crippen LogP contribution in [0, 0.1) is 11.3 Å². The summed E-state index contributed by atoms with van der Waals surface area (Å²) in [4.78, 5) is 16.8. The van der Waals surface area contributed by atoms with Gasteiger partial charge in [0.25, 0.3) is 0 Å². The third kappa shape index (κ3) is 5.29. The Morgan fingerprint density at radius 3 is 2.74 bits per heavy atom. The van der Waals surface area contributed by atoms with E-state index in [-0.39, 0.29) is 35.1 Å². The van der Waals surface area contributed by atoms with E-state index in [4.69, 9.17) is 4.74 Å². The van der Waals surface area contributed by atoms with E-state index in [0.717, 1.165) is 31.7 Å². The van der Waals surface area contributed by atoms with Crippen molar-refractivity contribution in [3.8, 4) is 5.88 Å². The summed E-state index contributed by atoms with van der Waals surface area (Å²) in [6.07, 6.45) is -0.0837. The van der Waals surface area contributed by atoms with Crippen LogP contribution in [0.5, 0.6) is 5.88 Å². The van der Waals surface area contributed by atoms with Crippen LogP contribution in [0.15, 0.2) is 48.8 Å². The summed E-state index contributed by atoms with van der Waals surface area (Å²) in [7, 11) is 0. The topological polar surface area (TPSA) is 65.4 Å². The van der Waals surface area contributed by atoms with Gasteiger partial charge in [-0.25, -0.2) is 4.98 Å². The Morgan fingerprint density at radius 1 is 1.29 bits per heavy atom. The molecule has 0 spiro atoms. The molecule has 1 aromatic carbocycles. The van der Waals surface area contributed by atoms with Crippen LogP contribution in [0.2, 0.25) is 0 Å². The predicted octanol–water partition coefficient (Wildman–Crippen LogP) is 4.99. The maximum absolute atomic E-state index is 12.9. The lowest BCUT2D eigenvalue weighted by atomic mass is 9.88. The molecule has 1 aliphatic carbocycles. The summed E-state index contributed by atoms with van der Waals surface area (Å²) in [5.41, 5.74) is 3.20. The number of benzene rings is 1. The van der Waals surface area contributed by atoms with Gasteiger partial charge in [-0.3, -0.25) is 4.79 Å². The van der Waals surface area contributed by atoms with Gasteiger partial charge in [0.2, 0.25) is 11.8 Å². The number of carbonyl (C=O) groups is 1. The van der Waals surface area contributed by atoms with Gasteiger partial charge in [0.15, 0.2) is 6.61 Å². The second-order valence-electron chi connectivity index (χ2n) is 10.1. The van der Waals surface area contributed by atoms with E-state index in [1.165, 1.54) is 23.2 Å². The largest absolute Gasteiger partial charge is 0.468 e. The zero-order valence-corrected chi connectivity index (χ0v) is 19.6. The molecule has 1 aliphatic heterocycles. The van der Waals surface area contributed by atoms with Gasteiger partial charge in [-0.1, -0.05) is 25.1 Å². The van der Waals surface area contributed by atoms with Crippen molar-refractivity contribution in [3.05, 3.63) is 59.9 Å². The molecule has 35 heavy (non-hydrogen) atoms. The van der Waals surface area contributed by atoms with Crippen molar-refractivity contribution in [1.29, 1.82) is 0 Å². The molecule has 3 atom stereocenters. The van der Waals surface area contributed by atoms with Gasteiger partial charge < -0.3 is 19.4 Å². The highest BCUT2D eigenvalue weighted by Crippen LogP contribution is 2.48. The normalized spacial score (nSPS) is 21.9. The molecule has 5 rings (SSSR count). The molecule has 6 nitrogen and oxygen atoms in total. The molecule has 9 heteroatoms. The molecule has 3 heterocycles. The van der Waals surface area contributed by atoms with Crippen LogP contribution < -0.4 is 10.1 Å². The average Bonchev–Trinajstić information content (AvgIpc) is 3.52. The summed E-state index contributed by atoms with van der Waals surface area (Å²) < 4.78 is 49.2. The number of nitrogens with zero attached hydrogens (tertiary/aromatic N) is 2. The highest BCUT2D eigenvalue weighted by Gasteiger charge is 2.44. The van der Waals surface area contributed by atoms with Crippen LogP contribution in [0.4, 0.5) is 13.2 Å². The fourth-order valence-electron chi connectivity index (χ4n) is 4.67. The Hall–Kier alpha value is -3.07. The Bertz CT molecular complexity index is 1220. The van der Waals surface area contributed by atoms with Gasteiger partial charge in [0.1, 0.15) is 0 Å². The van der Waals surface area contributed by atoms with Crippen molar-refractivity contribution in [3.63, 3.8) is 0 Å². The number of halogens is 3.